The van der Waals surface area contributed by atoms with Crippen LogP contribution in [0.25, 0.3) is 11.3 Å². The lowest BCUT2D eigenvalue weighted by atomic mass is 9.80. The summed E-state index contributed by atoms with van der Waals surface area (Å²) >= 11 is 0. The van der Waals surface area contributed by atoms with Crippen LogP contribution in [0.5, 0.6) is 5.88 Å². The molecule has 1 fully saturated rings. The molecule has 0 spiro atoms. The molecule has 0 aliphatic heterocycles. The maximum Gasteiger partial charge on any atom is 0.223 e. The predicted molar refractivity (Wildman–Crippen MR) is 75.0 cm³/mol. The lowest BCUT2D eigenvalue weighted by Crippen LogP contribution is -2.08. The molecule has 0 amide bonds. The van der Waals surface area contributed by atoms with E-state index in [0.29, 0.717) is 5.88 Å². The zero-order valence-corrected chi connectivity index (χ0v) is 11.0. The van der Waals surface area contributed by atoms with Crippen molar-refractivity contribution in [2.24, 2.45) is 0 Å². The molecule has 1 saturated carbocycles. The van der Waals surface area contributed by atoms with Crippen molar-refractivity contribution in [2.75, 3.05) is 12.8 Å². The highest BCUT2D eigenvalue weighted by molar-refractivity contribution is 5.61. The Hall–Kier alpha value is -2.10. The van der Waals surface area contributed by atoms with Gasteiger partial charge in [0.1, 0.15) is 0 Å². The molecule has 0 unspecified atom stereocenters. The van der Waals surface area contributed by atoms with E-state index in [4.69, 9.17) is 10.5 Å². The fourth-order valence-corrected chi connectivity index (χ4v) is 2.36. The number of rotatable bonds is 3. The Balaban J connectivity index is 1.90. The van der Waals surface area contributed by atoms with Gasteiger partial charge in [0.05, 0.1) is 12.8 Å². The fourth-order valence-electron chi connectivity index (χ4n) is 2.36. The van der Waals surface area contributed by atoms with Gasteiger partial charge in [-0.1, -0.05) is 30.7 Å². The van der Waals surface area contributed by atoms with Gasteiger partial charge in [-0.2, -0.15) is 4.98 Å². The van der Waals surface area contributed by atoms with Crippen LogP contribution in [-0.2, 0) is 0 Å². The van der Waals surface area contributed by atoms with Crippen molar-refractivity contribution >= 4 is 5.95 Å². The average Bonchev–Trinajstić information content (AvgIpc) is 2.37. The molecule has 0 bridgehead atoms. The zero-order chi connectivity index (χ0) is 13.2. The number of hydrogen-bond donors (Lipinski definition) is 1. The molecule has 0 radical (unpaired) electrons. The monoisotopic (exact) mass is 255 g/mol. The maximum atomic E-state index is 5.68. The van der Waals surface area contributed by atoms with E-state index in [1.54, 1.807) is 13.2 Å². The molecule has 2 aromatic rings. The number of nitrogens with two attached hydrogens (primary N) is 1. The lowest BCUT2D eigenvalue weighted by molar-refractivity contribution is 0.398. The van der Waals surface area contributed by atoms with Gasteiger partial charge in [-0.15, -0.1) is 0 Å². The van der Waals surface area contributed by atoms with Crippen LogP contribution in [0, 0.1) is 0 Å². The lowest BCUT2D eigenvalue weighted by Gasteiger charge is -2.25. The summed E-state index contributed by atoms with van der Waals surface area (Å²) in [6, 6.07) is 10.4. The number of nitrogens with zero attached hydrogens (tertiary/aromatic N) is 2. The van der Waals surface area contributed by atoms with E-state index >= 15 is 0 Å². The first kappa shape index (κ1) is 12.0. The maximum absolute atomic E-state index is 5.68. The van der Waals surface area contributed by atoms with Crippen molar-refractivity contribution < 1.29 is 4.74 Å². The van der Waals surface area contributed by atoms with Crippen LogP contribution in [0.2, 0.25) is 0 Å². The minimum absolute atomic E-state index is 0.234. The van der Waals surface area contributed by atoms with Gasteiger partial charge in [0.2, 0.25) is 11.8 Å². The Bertz CT molecular complexity index is 576. The van der Waals surface area contributed by atoms with Crippen LogP contribution in [0.15, 0.2) is 30.3 Å². The highest BCUT2D eigenvalue weighted by atomic mass is 16.5. The third kappa shape index (κ3) is 2.38. The van der Waals surface area contributed by atoms with Crippen LogP contribution in [-0.4, -0.2) is 17.1 Å². The minimum atomic E-state index is 0.234. The van der Waals surface area contributed by atoms with Crippen molar-refractivity contribution in [1.82, 2.24) is 9.97 Å². The largest absolute Gasteiger partial charge is 0.481 e. The molecule has 98 valence electrons. The van der Waals surface area contributed by atoms with Crippen LogP contribution in [0.1, 0.15) is 30.7 Å². The fraction of sp³-hybridized carbons (Fsp3) is 0.333. The number of hydrogen-bond acceptors (Lipinski definition) is 4. The van der Waals surface area contributed by atoms with Crippen molar-refractivity contribution in [1.29, 1.82) is 0 Å². The molecule has 19 heavy (non-hydrogen) atoms. The van der Waals surface area contributed by atoms with Crippen molar-refractivity contribution in [3.8, 4) is 17.1 Å². The second-order valence-electron chi connectivity index (χ2n) is 4.90. The molecule has 2 N–H and O–H groups in total. The van der Waals surface area contributed by atoms with Crippen LogP contribution >= 0.6 is 0 Å². The Morgan fingerprint density at radius 2 is 1.89 bits per heavy atom. The molecule has 0 saturated heterocycles. The summed E-state index contributed by atoms with van der Waals surface area (Å²) in [6.07, 6.45) is 3.98. The number of nitrogen functional groups attached to an aromatic ring is 1. The van der Waals surface area contributed by atoms with Gasteiger partial charge in [-0.3, -0.25) is 0 Å². The summed E-state index contributed by atoms with van der Waals surface area (Å²) in [5.74, 6) is 1.47. The average molecular weight is 255 g/mol. The highest BCUT2D eigenvalue weighted by Gasteiger charge is 2.19. The molecular weight excluding hydrogens is 238 g/mol. The van der Waals surface area contributed by atoms with E-state index in [1.807, 2.05) is 0 Å². The van der Waals surface area contributed by atoms with Crippen LogP contribution in [0.3, 0.4) is 0 Å². The van der Waals surface area contributed by atoms with Crippen molar-refractivity contribution in [3.63, 3.8) is 0 Å². The molecule has 1 aromatic heterocycles. The highest BCUT2D eigenvalue weighted by Crippen LogP contribution is 2.36. The van der Waals surface area contributed by atoms with Gasteiger partial charge in [-0.25, -0.2) is 4.98 Å². The van der Waals surface area contributed by atoms with Gasteiger partial charge in [0, 0.05) is 11.6 Å². The normalized spacial score (nSPS) is 15.0. The standard InChI is InChI=1S/C15H17N3O/c1-19-14-9-13(17-15(16)18-14)12-7-5-11(6-8-12)10-3-2-4-10/h5-10H,2-4H2,1H3,(H2,16,17,18). The summed E-state index contributed by atoms with van der Waals surface area (Å²) in [5.41, 5.74) is 8.93. The zero-order valence-electron chi connectivity index (χ0n) is 11.0. The van der Waals surface area contributed by atoms with Gasteiger partial charge in [-0.05, 0) is 24.3 Å². The van der Waals surface area contributed by atoms with Crippen molar-refractivity contribution in [3.05, 3.63) is 35.9 Å². The Labute approximate surface area is 112 Å². The van der Waals surface area contributed by atoms with Gasteiger partial charge < -0.3 is 10.5 Å². The minimum Gasteiger partial charge on any atom is -0.481 e. The van der Waals surface area contributed by atoms with Gasteiger partial charge >= 0.3 is 0 Å². The molecule has 0 atom stereocenters. The third-order valence-corrected chi connectivity index (χ3v) is 3.71. The first-order valence-electron chi connectivity index (χ1n) is 6.55. The number of methoxy groups -OCH3 is 1. The summed E-state index contributed by atoms with van der Waals surface area (Å²) in [7, 11) is 1.57. The van der Waals surface area contributed by atoms with E-state index in [2.05, 4.69) is 34.2 Å². The third-order valence-electron chi connectivity index (χ3n) is 3.71. The first-order chi connectivity index (χ1) is 9.26. The molecular formula is C15H17N3O. The molecule has 1 aromatic carbocycles. The quantitative estimate of drug-likeness (QED) is 0.915. The molecule has 3 rings (SSSR count). The van der Waals surface area contributed by atoms with Crippen LogP contribution in [0.4, 0.5) is 5.95 Å². The number of aromatic nitrogens is 2. The van der Waals surface area contributed by atoms with Gasteiger partial charge in [0.25, 0.3) is 0 Å². The Morgan fingerprint density at radius 3 is 2.47 bits per heavy atom. The molecule has 4 nitrogen and oxygen atoms in total. The summed E-state index contributed by atoms with van der Waals surface area (Å²) < 4.78 is 5.11. The van der Waals surface area contributed by atoms with E-state index in [1.165, 1.54) is 24.8 Å². The van der Waals surface area contributed by atoms with E-state index in [-0.39, 0.29) is 5.95 Å². The topological polar surface area (TPSA) is 61.0 Å². The second kappa shape index (κ2) is 4.88. The summed E-state index contributed by atoms with van der Waals surface area (Å²) in [5, 5.41) is 0. The van der Waals surface area contributed by atoms with Crippen LogP contribution < -0.4 is 10.5 Å². The number of anilines is 1. The summed E-state index contributed by atoms with van der Waals surface area (Å²) in [4.78, 5) is 8.24. The summed E-state index contributed by atoms with van der Waals surface area (Å²) in [6.45, 7) is 0. The molecule has 1 aliphatic carbocycles. The van der Waals surface area contributed by atoms with E-state index in [0.717, 1.165) is 17.2 Å². The van der Waals surface area contributed by atoms with E-state index < -0.39 is 0 Å². The number of ether oxygens (including phenoxy) is 1. The Morgan fingerprint density at radius 1 is 1.16 bits per heavy atom. The number of benzene rings is 1. The SMILES string of the molecule is COc1cc(-c2ccc(C3CCC3)cc2)nc(N)n1. The first-order valence-corrected chi connectivity index (χ1v) is 6.55. The van der Waals surface area contributed by atoms with E-state index in [9.17, 15) is 0 Å². The molecule has 1 aliphatic rings. The molecule has 4 heteroatoms. The second-order valence-corrected chi connectivity index (χ2v) is 4.90. The Kier molecular flexibility index (Phi) is 3.07. The smallest absolute Gasteiger partial charge is 0.223 e. The molecule has 1 heterocycles. The van der Waals surface area contributed by atoms with Gasteiger partial charge in [0.15, 0.2) is 0 Å². The predicted octanol–water partition coefficient (Wildman–Crippen LogP) is 3.00. The van der Waals surface area contributed by atoms with Crippen molar-refractivity contribution in [2.45, 2.75) is 25.2 Å².